The zero-order chi connectivity index (χ0) is 29.2. The number of rotatable bonds is 4. The number of amides is 5. The van der Waals surface area contributed by atoms with Crippen LogP contribution in [0.15, 0.2) is 54.7 Å². The minimum absolute atomic E-state index is 0.153. The number of likely N-dealkylation sites (N-methyl/N-ethyl adjacent to an activating group) is 1. The first-order valence-corrected chi connectivity index (χ1v) is 13.5. The Kier molecular flexibility index (Phi) is 10.7. The Morgan fingerprint density at radius 3 is 2.35 bits per heavy atom. The molecule has 1 saturated heterocycles. The van der Waals surface area contributed by atoms with Crippen molar-refractivity contribution in [2.24, 2.45) is 5.92 Å². The molecule has 0 radical (unpaired) electrons. The van der Waals surface area contributed by atoms with Crippen LogP contribution < -0.4 is 16.0 Å². The van der Waals surface area contributed by atoms with E-state index in [1.54, 1.807) is 39.0 Å². The Bertz CT molecular complexity index is 1190. The molecule has 1 fully saturated rings. The summed E-state index contributed by atoms with van der Waals surface area (Å²) in [5.74, 6) is -2.56. The van der Waals surface area contributed by atoms with Gasteiger partial charge in [-0.1, -0.05) is 50.2 Å². The molecule has 3 atom stereocenters. The molecule has 0 bridgehead atoms. The molecule has 3 N–H and O–H groups in total. The van der Waals surface area contributed by atoms with Crippen LogP contribution in [0.4, 0.5) is 0 Å². The number of aromatic nitrogens is 1. The Labute approximate surface area is 234 Å². The third-order valence-electron chi connectivity index (χ3n) is 6.79. The van der Waals surface area contributed by atoms with Gasteiger partial charge in [0, 0.05) is 32.8 Å². The number of nitrogens with zero attached hydrogens (tertiary/aromatic N) is 3. The maximum atomic E-state index is 13.4. The van der Waals surface area contributed by atoms with Crippen molar-refractivity contribution in [3.63, 3.8) is 0 Å². The number of nitrogens with one attached hydrogen (secondary N) is 3. The highest BCUT2D eigenvalue weighted by atomic mass is 16.2. The molecule has 0 saturated carbocycles. The smallest absolute Gasteiger partial charge is 0.273 e. The molecule has 5 amide bonds. The highest BCUT2D eigenvalue weighted by molar-refractivity contribution is 5.97. The largest absolute Gasteiger partial charge is 0.354 e. The minimum atomic E-state index is -0.924. The van der Waals surface area contributed by atoms with Gasteiger partial charge in [-0.25, -0.2) is 0 Å². The number of hydrogen-bond donors (Lipinski definition) is 3. The van der Waals surface area contributed by atoms with Crippen LogP contribution in [-0.2, 0) is 25.6 Å². The van der Waals surface area contributed by atoms with Gasteiger partial charge in [0.15, 0.2) is 0 Å². The molecule has 1 aliphatic heterocycles. The van der Waals surface area contributed by atoms with E-state index in [1.165, 1.54) is 23.0 Å². The summed E-state index contributed by atoms with van der Waals surface area (Å²) < 4.78 is 0. The van der Waals surface area contributed by atoms with E-state index in [2.05, 4.69) is 20.9 Å². The Morgan fingerprint density at radius 2 is 1.70 bits per heavy atom. The highest BCUT2D eigenvalue weighted by Gasteiger charge is 2.33. The lowest BCUT2D eigenvalue weighted by Gasteiger charge is -2.32. The van der Waals surface area contributed by atoms with E-state index < -0.39 is 41.8 Å². The average Bonchev–Trinajstić information content (AvgIpc) is 2.94. The van der Waals surface area contributed by atoms with Crippen LogP contribution in [0.3, 0.4) is 0 Å². The minimum Gasteiger partial charge on any atom is -0.354 e. The molecular weight excluding hydrogens is 512 g/mol. The van der Waals surface area contributed by atoms with Crippen LogP contribution in [0.25, 0.3) is 0 Å². The van der Waals surface area contributed by atoms with Gasteiger partial charge < -0.3 is 25.8 Å². The Hall–Kier alpha value is -4.28. The summed E-state index contributed by atoms with van der Waals surface area (Å²) in [7, 11) is 1.47. The van der Waals surface area contributed by atoms with Crippen molar-refractivity contribution in [3.05, 3.63) is 66.0 Å². The third-order valence-corrected chi connectivity index (χ3v) is 6.79. The van der Waals surface area contributed by atoms with Crippen molar-refractivity contribution < 1.29 is 24.0 Å². The summed E-state index contributed by atoms with van der Waals surface area (Å²) in [5.41, 5.74) is 1.05. The van der Waals surface area contributed by atoms with E-state index in [9.17, 15) is 24.0 Å². The molecule has 214 valence electrons. The lowest BCUT2D eigenvalue weighted by molar-refractivity contribution is -0.140. The first-order chi connectivity index (χ1) is 19.1. The highest BCUT2D eigenvalue weighted by Crippen LogP contribution is 2.12. The molecule has 2 aromatic rings. The van der Waals surface area contributed by atoms with Crippen molar-refractivity contribution in [3.8, 4) is 0 Å². The SMILES string of the molecule is CC(C)[C@@H]1NC(=O)[C@@H](C)N(C(=O)c2ccccn2)CCCNC(=O)[C@H](Cc2ccccc2)NC(=O)CN(C)C1=O. The average molecular weight is 551 g/mol. The zero-order valence-electron chi connectivity index (χ0n) is 23.4. The Balaban J connectivity index is 1.89. The van der Waals surface area contributed by atoms with Crippen molar-refractivity contribution >= 4 is 29.5 Å². The molecule has 0 aliphatic carbocycles. The number of pyridine rings is 1. The molecule has 2 heterocycles. The summed E-state index contributed by atoms with van der Waals surface area (Å²) >= 11 is 0. The first kappa shape index (κ1) is 30.3. The van der Waals surface area contributed by atoms with Gasteiger partial charge in [-0.2, -0.15) is 0 Å². The van der Waals surface area contributed by atoms with Crippen molar-refractivity contribution in [1.29, 1.82) is 0 Å². The predicted octanol–water partition coefficient (Wildman–Crippen LogP) is 0.759. The summed E-state index contributed by atoms with van der Waals surface area (Å²) in [4.78, 5) is 72.8. The van der Waals surface area contributed by atoms with E-state index >= 15 is 0 Å². The maximum absolute atomic E-state index is 13.4. The number of carbonyl (C=O) groups is 5. The summed E-state index contributed by atoms with van der Waals surface area (Å²) in [6.07, 6.45) is 2.12. The van der Waals surface area contributed by atoms with Gasteiger partial charge in [0.1, 0.15) is 23.8 Å². The number of hydrogen-bond acceptors (Lipinski definition) is 6. The van der Waals surface area contributed by atoms with Gasteiger partial charge >= 0.3 is 0 Å². The summed E-state index contributed by atoms with van der Waals surface area (Å²) in [6, 6.07) is 11.5. The monoisotopic (exact) mass is 550 g/mol. The lowest BCUT2D eigenvalue weighted by atomic mass is 10.0. The molecule has 0 unspecified atom stereocenters. The van der Waals surface area contributed by atoms with Crippen LogP contribution in [0.1, 0.15) is 43.2 Å². The number of carbonyl (C=O) groups excluding carboxylic acids is 5. The first-order valence-electron chi connectivity index (χ1n) is 13.5. The van der Waals surface area contributed by atoms with Crippen LogP contribution in [0.5, 0.6) is 0 Å². The molecule has 11 heteroatoms. The second-order valence-corrected chi connectivity index (χ2v) is 10.3. The van der Waals surface area contributed by atoms with E-state index in [4.69, 9.17) is 0 Å². The standard InChI is InChI=1S/C29H38N6O5/c1-19(2)25-29(40)34(4)18-24(36)32-23(17-21-11-6-5-7-12-21)27(38)31-15-10-16-35(20(3)26(37)33-25)28(39)22-13-8-9-14-30-22/h5-9,11-14,19-20,23,25H,10,15-18H2,1-4H3,(H,31,38)(H,32,36)(H,33,37)/t20-,23+,25+/m1/s1. The molecule has 3 rings (SSSR count). The van der Waals surface area contributed by atoms with E-state index in [0.29, 0.717) is 6.42 Å². The second-order valence-electron chi connectivity index (χ2n) is 10.3. The predicted molar refractivity (Wildman–Crippen MR) is 149 cm³/mol. The van der Waals surface area contributed by atoms with E-state index in [1.807, 2.05) is 30.3 Å². The van der Waals surface area contributed by atoms with Crippen LogP contribution in [0.2, 0.25) is 0 Å². The molecule has 1 aromatic heterocycles. The maximum Gasteiger partial charge on any atom is 0.273 e. The van der Waals surface area contributed by atoms with E-state index in [0.717, 1.165) is 5.56 Å². The van der Waals surface area contributed by atoms with Crippen molar-refractivity contribution in [2.45, 2.75) is 51.7 Å². The normalized spacial score (nSPS) is 22.0. The summed E-state index contributed by atoms with van der Waals surface area (Å²) in [6.45, 7) is 5.24. The van der Waals surface area contributed by atoms with Gasteiger partial charge in [-0.05, 0) is 37.0 Å². The molecule has 40 heavy (non-hydrogen) atoms. The molecule has 0 spiro atoms. The fourth-order valence-electron chi connectivity index (χ4n) is 4.45. The van der Waals surface area contributed by atoms with Crippen molar-refractivity contribution in [2.75, 3.05) is 26.7 Å². The van der Waals surface area contributed by atoms with Gasteiger partial charge in [0.05, 0.1) is 6.54 Å². The van der Waals surface area contributed by atoms with Gasteiger partial charge in [0.25, 0.3) is 5.91 Å². The molecule has 11 nitrogen and oxygen atoms in total. The van der Waals surface area contributed by atoms with Crippen LogP contribution >= 0.6 is 0 Å². The van der Waals surface area contributed by atoms with Crippen molar-refractivity contribution in [1.82, 2.24) is 30.7 Å². The number of benzene rings is 1. The molecular formula is C29H38N6O5. The van der Waals surface area contributed by atoms with Gasteiger partial charge in [-0.15, -0.1) is 0 Å². The van der Waals surface area contributed by atoms with Gasteiger partial charge in [0.2, 0.25) is 23.6 Å². The van der Waals surface area contributed by atoms with E-state index in [-0.39, 0.29) is 43.6 Å². The zero-order valence-corrected chi connectivity index (χ0v) is 23.4. The molecule has 1 aliphatic rings. The van der Waals surface area contributed by atoms with Gasteiger partial charge in [-0.3, -0.25) is 29.0 Å². The van der Waals surface area contributed by atoms with Crippen LogP contribution in [0, 0.1) is 5.92 Å². The quantitative estimate of drug-likeness (QED) is 0.513. The topological polar surface area (TPSA) is 141 Å². The Morgan fingerprint density at radius 1 is 1.00 bits per heavy atom. The second kappa shape index (κ2) is 14.2. The fraction of sp³-hybridized carbons (Fsp3) is 0.448. The lowest BCUT2D eigenvalue weighted by Crippen LogP contribution is -2.57. The third kappa shape index (κ3) is 8.11. The fourth-order valence-corrected chi connectivity index (χ4v) is 4.45. The summed E-state index contributed by atoms with van der Waals surface area (Å²) in [5, 5.41) is 8.37. The molecule has 1 aromatic carbocycles. The van der Waals surface area contributed by atoms with Crippen LogP contribution in [-0.4, -0.2) is 89.1 Å².